The molecule has 0 fully saturated rings. The van der Waals surface area contributed by atoms with E-state index in [-0.39, 0.29) is 11.9 Å². The fraction of sp³-hybridized carbons (Fsp3) is 0.333. The second-order valence-electron chi connectivity index (χ2n) is 5.84. The number of aryl methyl sites for hydroxylation is 1. The van der Waals surface area contributed by atoms with Crippen molar-refractivity contribution in [2.75, 3.05) is 18.5 Å². The fourth-order valence-corrected chi connectivity index (χ4v) is 2.37. The van der Waals surface area contributed by atoms with Gasteiger partial charge >= 0.3 is 5.97 Å². The molecule has 2 aromatic carbocycles. The van der Waals surface area contributed by atoms with Gasteiger partial charge in [0.05, 0.1) is 18.8 Å². The van der Waals surface area contributed by atoms with Crippen molar-refractivity contribution in [1.29, 1.82) is 0 Å². The van der Waals surface area contributed by atoms with E-state index < -0.39 is 0 Å². The van der Waals surface area contributed by atoms with Gasteiger partial charge in [0.2, 0.25) is 5.91 Å². The van der Waals surface area contributed by atoms with Crippen molar-refractivity contribution in [3.63, 3.8) is 0 Å². The summed E-state index contributed by atoms with van der Waals surface area (Å²) >= 11 is 0. The Morgan fingerprint density at radius 3 is 2.27 bits per heavy atom. The Labute approximate surface area is 154 Å². The van der Waals surface area contributed by atoms with E-state index in [0.717, 1.165) is 17.7 Å². The van der Waals surface area contributed by atoms with Crippen molar-refractivity contribution in [2.45, 2.75) is 33.1 Å². The lowest BCUT2D eigenvalue weighted by Gasteiger charge is -2.08. The summed E-state index contributed by atoms with van der Waals surface area (Å²) in [7, 11) is 0. The van der Waals surface area contributed by atoms with Crippen LogP contribution in [0.15, 0.2) is 48.5 Å². The van der Waals surface area contributed by atoms with Gasteiger partial charge in [-0.15, -0.1) is 0 Å². The van der Waals surface area contributed by atoms with Crippen LogP contribution in [0.3, 0.4) is 0 Å². The first kappa shape index (κ1) is 19.5. The minimum absolute atomic E-state index is 0.0693. The number of esters is 1. The van der Waals surface area contributed by atoms with Crippen LogP contribution in [0.2, 0.25) is 0 Å². The Bertz CT molecular complexity index is 708. The number of carbonyl (C=O) groups excluding carboxylic acids is 2. The topological polar surface area (TPSA) is 64.6 Å². The molecule has 1 amide bonds. The van der Waals surface area contributed by atoms with E-state index in [0.29, 0.717) is 37.3 Å². The van der Waals surface area contributed by atoms with Crippen LogP contribution in [0.1, 0.15) is 42.6 Å². The molecule has 26 heavy (non-hydrogen) atoms. The predicted molar refractivity (Wildman–Crippen MR) is 102 cm³/mol. The maximum absolute atomic E-state index is 12.1. The van der Waals surface area contributed by atoms with Crippen LogP contribution in [0, 0.1) is 0 Å². The van der Waals surface area contributed by atoms with Crippen LogP contribution < -0.4 is 10.1 Å². The average Bonchev–Trinajstić information content (AvgIpc) is 2.66. The minimum atomic E-state index is -0.347. The Morgan fingerprint density at radius 1 is 0.962 bits per heavy atom. The zero-order valence-electron chi connectivity index (χ0n) is 15.3. The quantitative estimate of drug-likeness (QED) is 0.684. The third-order valence-corrected chi connectivity index (χ3v) is 3.72. The summed E-state index contributed by atoms with van der Waals surface area (Å²) in [6, 6.07) is 14.5. The molecule has 0 heterocycles. The van der Waals surface area contributed by atoms with Gasteiger partial charge in [-0.05, 0) is 61.7 Å². The van der Waals surface area contributed by atoms with Crippen LogP contribution in [0.4, 0.5) is 5.69 Å². The number of hydrogen-bond acceptors (Lipinski definition) is 4. The van der Waals surface area contributed by atoms with Crippen molar-refractivity contribution in [3.05, 3.63) is 59.7 Å². The van der Waals surface area contributed by atoms with Crippen molar-refractivity contribution in [2.24, 2.45) is 0 Å². The summed E-state index contributed by atoms with van der Waals surface area (Å²) < 4.78 is 10.5. The monoisotopic (exact) mass is 355 g/mol. The highest BCUT2D eigenvalue weighted by molar-refractivity contribution is 5.93. The van der Waals surface area contributed by atoms with Gasteiger partial charge in [0.25, 0.3) is 0 Å². The summed E-state index contributed by atoms with van der Waals surface area (Å²) in [5, 5.41) is 2.84. The normalized spacial score (nSPS) is 10.2. The molecule has 0 unspecified atom stereocenters. The molecule has 138 valence electrons. The predicted octanol–water partition coefficient (Wildman–Crippen LogP) is 4.22. The zero-order chi connectivity index (χ0) is 18.8. The van der Waals surface area contributed by atoms with Gasteiger partial charge < -0.3 is 14.8 Å². The van der Waals surface area contributed by atoms with Crippen LogP contribution in [-0.2, 0) is 16.0 Å². The van der Waals surface area contributed by atoms with E-state index in [1.165, 1.54) is 0 Å². The zero-order valence-corrected chi connectivity index (χ0v) is 15.3. The van der Waals surface area contributed by atoms with Gasteiger partial charge in [0.15, 0.2) is 0 Å². The lowest BCUT2D eigenvalue weighted by atomic mass is 10.1. The van der Waals surface area contributed by atoms with E-state index in [1.54, 1.807) is 24.3 Å². The molecule has 0 saturated carbocycles. The van der Waals surface area contributed by atoms with E-state index in [9.17, 15) is 9.59 Å². The van der Waals surface area contributed by atoms with Crippen molar-refractivity contribution >= 4 is 17.6 Å². The van der Waals surface area contributed by atoms with Gasteiger partial charge in [-0.1, -0.05) is 19.1 Å². The van der Waals surface area contributed by atoms with E-state index in [2.05, 4.69) is 5.32 Å². The molecule has 2 aromatic rings. The van der Waals surface area contributed by atoms with Gasteiger partial charge in [0, 0.05) is 12.1 Å². The lowest BCUT2D eigenvalue weighted by molar-refractivity contribution is -0.116. The van der Waals surface area contributed by atoms with E-state index in [1.807, 2.05) is 38.1 Å². The molecule has 1 N–H and O–H groups in total. The highest BCUT2D eigenvalue weighted by Crippen LogP contribution is 2.15. The number of nitrogens with one attached hydrogen (secondary N) is 1. The van der Waals surface area contributed by atoms with Crippen molar-refractivity contribution in [3.8, 4) is 5.75 Å². The molecule has 0 radical (unpaired) electrons. The van der Waals surface area contributed by atoms with Crippen molar-refractivity contribution in [1.82, 2.24) is 0 Å². The third-order valence-electron chi connectivity index (χ3n) is 3.72. The maximum Gasteiger partial charge on any atom is 0.338 e. The molecular formula is C21H25NO4. The minimum Gasteiger partial charge on any atom is -0.494 e. The molecule has 0 aromatic heterocycles. The molecule has 2 rings (SSSR count). The molecular weight excluding hydrogens is 330 g/mol. The largest absolute Gasteiger partial charge is 0.494 e. The third kappa shape index (κ3) is 6.24. The van der Waals surface area contributed by atoms with Crippen LogP contribution >= 0.6 is 0 Å². The molecule has 0 aliphatic rings. The Balaban J connectivity index is 1.81. The van der Waals surface area contributed by atoms with E-state index >= 15 is 0 Å². The fourth-order valence-electron chi connectivity index (χ4n) is 2.37. The standard InChI is InChI=1S/C21H25NO4/c1-3-15-26-21(24)17-8-10-18(11-9-17)22-20(23)14-7-16-5-12-19(13-6-16)25-4-2/h5-6,8-13H,3-4,7,14-15H2,1-2H3,(H,22,23). The molecule has 0 aliphatic heterocycles. The van der Waals surface area contributed by atoms with Crippen LogP contribution in [-0.4, -0.2) is 25.1 Å². The second-order valence-corrected chi connectivity index (χ2v) is 5.84. The molecule has 0 bridgehead atoms. The smallest absolute Gasteiger partial charge is 0.338 e. The highest BCUT2D eigenvalue weighted by Gasteiger charge is 2.08. The van der Waals surface area contributed by atoms with E-state index in [4.69, 9.17) is 9.47 Å². The maximum atomic E-state index is 12.1. The summed E-state index contributed by atoms with van der Waals surface area (Å²) in [5.41, 5.74) is 2.22. The number of anilines is 1. The number of carbonyl (C=O) groups is 2. The van der Waals surface area contributed by atoms with Gasteiger partial charge in [-0.25, -0.2) is 4.79 Å². The molecule has 0 atom stereocenters. The first-order chi connectivity index (χ1) is 12.6. The average molecular weight is 355 g/mol. The SMILES string of the molecule is CCCOC(=O)c1ccc(NC(=O)CCc2ccc(OCC)cc2)cc1. The van der Waals surface area contributed by atoms with Crippen LogP contribution in [0.5, 0.6) is 5.75 Å². The molecule has 0 saturated heterocycles. The highest BCUT2D eigenvalue weighted by atomic mass is 16.5. The lowest BCUT2D eigenvalue weighted by Crippen LogP contribution is -2.12. The van der Waals surface area contributed by atoms with Gasteiger partial charge in [-0.2, -0.15) is 0 Å². The van der Waals surface area contributed by atoms with Gasteiger partial charge in [-0.3, -0.25) is 4.79 Å². The first-order valence-electron chi connectivity index (χ1n) is 8.91. The van der Waals surface area contributed by atoms with Crippen molar-refractivity contribution < 1.29 is 19.1 Å². The molecule has 0 spiro atoms. The number of ether oxygens (including phenoxy) is 2. The second kappa shape index (κ2) is 10.2. The Kier molecular flexibility index (Phi) is 7.68. The summed E-state index contributed by atoms with van der Waals surface area (Å²) in [6.45, 7) is 4.93. The molecule has 5 nitrogen and oxygen atoms in total. The molecule has 5 heteroatoms. The summed E-state index contributed by atoms with van der Waals surface area (Å²) in [5.74, 6) is 0.415. The van der Waals surface area contributed by atoms with Crippen LogP contribution in [0.25, 0.3) is 0 Å². The number of rotatable bonds is 9. The van der Waals surface area contributed by atoms with Gasteiger partial charge in [0.1, 0.15) is 5.75 Å². The Morgan fingerprint density at radius 2 is 1.65 bits per heavy atom. The Hall–Kier alpha value is -2.82. The summed E-state index contributed by atoms with van der Waals surface area (Å²) in [4.78, 5) is 23.8. The number of hydrogen-bond donors (Lipinski definition) is 1. The number of benzene rings is 2. The first-order valence-corrected chi connectivity index (χ1v) is 8.91. The molecule has 0 aliphatic carbocycles. The number of amides is 1. The summed E-state index contributed by atoms with van der Waals surface area (Å²) in [6.07, 6.45) is 1.82.